The topological polar surface area (TPSA) is 139 Å². The Morgan fingerprint density at radius 1 is 1.10 bits per heavy atom. The van der Waals surface area contributed by atoms with Crippen molar-refractivity contribution in [1.82, 2.24) is 25.0 Å². The minimum Gasteiger partial charge on any atom is -0.465 e. The molecule has 4 heterocycles. The number of fused-ring (bicyclic) bond motifs is 1. The van der Waals surface area contributed by atoms with Crippen LogP contribution in [0.2, 0.25) is 0 Å². The summed E-state index contributed by atoms with van der Waals surface area (Å²) in [5, 5.41) is 22.2. The third-order valence-corrected chi connectivity index (χ3v) is 7.27. The fraction of sp³-hybridized carbons (Fsp3) is 0.258. The minimum atomic E-state index is -0.912. The summed E-state index contributed by atoms with van der Waals surface area (Å²) in [4.78, 5) is 26.5. The zero-order valence-corrected chi connectivity index (χ0v) is 23.4. The van der Waals surface area contributed by atoms with Gasteiger partial charge in [0.05, 0.1) is 17.8 Å². The summed E-state index contributed by atoms with van der Waals surface area (Å²) in [6, 6.07) is 17.6. The smallest absolute Gasteiger partial charge is 0.407 e. The van der Waals surface area contributed by atoms with Gasteiger partial charge in [0.25, 0.3) is 0 Å². The Bertz CT molecular complexity index is 1740. The highest BCUT2D eigenvalue weighted by Gasteiger charge is 2.24. The van der Waals surface area contributed by atoms with Crippen molar-refractivity contribution < 1.29 is 19.2 Å². The Kier molecular flexibility index (Phi) is 7.54. The van der Waals surface area contributed by atoms with Crippen molar-refractivity contribution in [1.29, 1.82) is 0 Å². The first kappa shape index (κ1) is 27.0. The second kappa shape index (κ2) is 11.7. The van der Waals surface area contributed by atoms with Crippen LogP contribution in [0.1, 0.15) is 29.9 Å². The standard InChI is InChI=1S/C31H31N7O4/c1-19-10-11-23-24(7-3-9-26(23)34-17-22-16-20(2)42-37-22)28(19)41-29-25(8-4-13-32-29)27-12-14-33-30(36-27)35-21-6-5-15-38(18-21)31(39)40/h3-4,7-14,16,21,34H,5-6,15,17-18H2,1-2H3,(H,39,40)(H,33,35,36). The van der Waals surface area contributed by atoms with Crippen molar-refractivity contribution in [2.45, 2.75) is 39.3 Å². The summed E-state index contributed by atoms with van der Waals surface area (Å²) >= 11 is 0. The van der Waals surface area contributed by atoms with Gasteiger partial charge in [-0.05, 0) is 56.5 Å². The van der Waals surface area contributed by atoms with Crippen LogP contribution in [-0.2, 0) is 6.54 Å². The average molecular weight is 566 g/mol. The van der Waals surface area contributed by atoms with Gasteiger partial charge in [0.15, 0.2) is 0 Å². The van der Waals surface area contributed by atoms with Crippen molar-refractivity contribution in [2.24, 2.45) is 0 Å². The number of nitrogens with one attached hydrogen (secondary N) is 2. The maximum Gasteiger partial charge on any atom is 0.407 e. The lowest BCUT2D eigenvalue weighted by Gasteiger charge is -2.31. The third kappa shape index (κ3) is 5.80. The van der Waals surface area contributed by atoms with Crippen molar-refractivity contribution in [3.05, 3.63) is 84.0 Å². The Morgan fingerprint density at radius 2 is 2.00 bits per heavy atom. The van der Waals surface area contributed by atoms with Crippen LogP contribution in [0.5, 0.6) is 11.6 Å². The van der Waals surface area contributed by atoms with E-state index in [1.807, 2.05) is 62.4 Å². The molecule has 0 saturated carbocycles. The highest BCUT2D eigenvalue weighted by molar-refractivity contribution is 5.98. The summed E-state index contributed by atoms with van der Waals surface area (Å²) in [5.41, 5.74) is 4.10. The lowest BCUT2D eigenvalue weighted by molar-refractivity contribution is 0.132. The van der Waals surface area contributed by atoms with Crippen molar-refractivity contribution in [3.8, 4) is 22.9 Å². The molecule has 0 bridgehead atoms. The molecule has 1 fully saturated rings. The SMILES string of the molecule is Cc1cc(CNc2cccc3c(Oc4ncccc4-c4ccnc(NC5CCCN(C(=O)O)C5)n4)c(C)ccc23)no1. The van der Waals surface area contributed by atoms with Gasteiger partial charge in [-0.25, -0.2) is 19.7 Å². The number of pyridine rings is 1. The molecule has 2 aromatic carbocycles. The first-order chi connectivity index (χ1) is 20.4. The zero-order chi connectivity index (χ0) is 29.1. The molecule has 11 nitrogen and oxygen atoms in total. The van der Waals surface area contributed by atoms with E-state index in [1.54, 1.807) is 12.4 Å². The molecule has 3 N–H and O–H groups in total. The molecule has 42 heavy (non-hydrogen) atoms. The van der Waals surface area contributed by atoms with Crippen LogP contribution in [0.15, 0.2) is 71.5 Å². The van der Waals surface area contributed by atoms with Gasteiger partial charge in [-0.3, -0.25) is 0 Å². The number of carbonyl (C=O) groups is 1. The van der Waals surface area contributed by atoms with E-state index in [2.05, 4.69) is 31.8 Å². The van der Waals surface area contributed by atoms with E-state index >= 15 is 0 Å². The molecule has 1 amide bonds. The number of amides is 1. The van der Waals surface area contributed by atoms with Crippen LogP contribution >= 0.6 is 0 Å². The van der Waals surface area contributed by atoms with Gasteiger partial charge in [0.2, 0.25) is 11.8 Å². The number of nitrogens with zero attached hydrogens (tertiary/aromatic N) is 5. The summed E-state index contributed by atoms with van der Waals surface area (Å²) in [7, 11) is 0. The summed E-state index contributed by atoms with van der Waals surface area (Å²) in [6.45, 7) is 5.34. The molecule has 6 rings (SSSR count). The van der Waals surface area contributed by atoms with Crippen LogP contribution in [0.4, 0.5) is 16.4 Å². The average Bonchev–Trinajstić information content (AvgIpc) is 3.42. The van der Waals surface area contributed by atoms with Gasteiger partial charge < -0.3 is 29.9 Å². The second-order valence-electron chi connectivity index (χ2n) is 10.3. The number of aromatic nitrogens is 4. The molecule has 5 aromatic rings. The molecule has 0 aliphatic carbocycles. The maximum absolute atomic E-state index is 11.4. The highest BCUT2D eigenvalue weighted by Crippen LogP contribution is 2.38. The summed E-state index contributed by atoms with van der Waals surface area (Å²) in [5.74, 6) is 2.33. The van der Waals surface area contributed by atoms with Gasteiger partial charge in [-0.1, -0.05) is 29.4 Å². The molecule has 1 unspecified atom stereocenters. The van der Waals surface area contributed by atoms with E-state index in [9.17, 15) is 9.90 Å². The number of likely N-dealkylation sites (tertiary alicyclic amines) is 1. The predicted molar refractivity (Wildman–Crippen MR) is 159 cm³/mol. The Hall–Kier alpha value is -5.19. The van der Waals surface area contributed by atoms with Crippen LogP contribution < -0.4 is 15.4 Å². The number of ether oxygens (including phenoxy) is 1. The largest absolute Gasteiger partial charge is 0.465 e. The van der Waals surface area contributed by atoms with Crippen LogP contribution in [0, 0.1) is 13.8 Å². The maximum atomic E-state index is 11.4. The quantitative estimate of drug-likeness (QED) is 0.198. The number of aryl methyl sites for hydroxylation is 2. The van der Waals surface area contributed by atoms with E-state index in [1.165, 1.54) is 4.90 Å². The van der Waals surface area contributed by atoms with E-state index in [0.29, 0.717) is 48.5 Å². The van der Waals surface area contributed by atoms with E-state index in [4.69, 9.17) is 14.2 Å². The highest BCUT2D eigenvalue weighted by atomic mass is 16.5. The summed E-state index contributed by atoms with van der Waals surface area (Å²) < 4.78 is 11.7. The molecule has 214 valence electrons. The fourth-order valence-electron chi connectivity index (χ4n) is 5.21. The van der Waals surface area contributed by atoms with Gasteiger partial charge in [0, 0.05) is 54.1 Å². The molecule has 3 aromatic heterocycles. The lowest BCUT2D eigenvalue weighted by Crippen LogP contribution is -2.44. The minimum absolute atomic E-state index is 0.0656. The number of hydrogen-bond acceptors (Lipinski definition) is 9. The Morgan fingerprint density at radius 3 is 2.83 bits per heavy atom. The number of piperidine rings is 1. The first-order valence-electron chi connectivity index (χ1n) is 13.8. The normalized spacial score (nSPS) is 15.0. The molecular weight excluding hydrogens is 534 g/mol. The number of carboxylic acid groups (broad SMARTS) is 1. The molecule has 11 heteroatoms. The van der Waals surface area contributed by atoms with Crippen molar-refractivity contribution in [3.63, 3.8) is 0 Å². The van der Waals surface area contributed by atoms with Gasteiger partial charge >= 0.3 is 6.09 Å². The predicted octanol–water partition coefficient (Wildman–Crippen LogP) is 6.26. The molecule has 0 spiro atoms. The zero-order valence-electron chi connectivity index (χ0n) is 23.4. The molecule has 1 aliphatic heterocycles. The van der Waals surface area contributed by atoms with Crippen molar-refractivity contribution in [2.75, 3.05) is 23.7 Å². The molecule has 1 aliphatic rings. The number of rotatable bonds is 8. The summed E-state index contributed by atoms with van der Waals surface area (Å²) in [6.07, 6.45) is 4.08. The molecular formula is C31H31N7O4. The van der Waals surface area contributed by atoms with E-state index in [-0.39, 0.29) is 6.04 Å². The monoisotopic (exact) mass is 565 g/mol. The number of benzene rings is 2. The Labute approximate surface area is 242 Å². The molecule has 1 saturated heterocycles. The molecule has 0 radical (unpaired) electrons. The lowest BCUT2D eigenvalue weighted by atomic mass is 10.0. The number of anilines is 2. The Balaban J connectivity index is 1.27. The van der Waals surface area contributed by atoms with Crippen LogP contribution in [-0.4, -0.2) is 55.3 Å². The van der Waals surface area contributed by atoms with Gasteiger partial charge in [0.1, 0.15) is 17.2 Å². The third-order valence-electron chi connectivity index (χ3n) is 7.27. The van der Waals surface area contributed by atoms with Gasteiger partial charge in [-0.15, -0.1) is 0 Å². The van der Waals surface area contributed by atoms with Crippen molar-refractivity contribution >= 4 is 28.5 Å². The fourth-order valence-corrected chi connectivity index (χ4v) is 5.21. The van der Waals surface area contributed by atoms with Gasteiger partial charge in [-0.2, -0.15) is 0 Å². The first-order valence-corrected chi connectivity index (χ1v) is 13.8. The van der Waals surface area contributed by atoms with Crippen LogP contribution in [0.3, 0.4) is 0 Å². The van der Waals surface area contributed by atoms with E-state index < -0.39 is 6.09 Å². The second-order valence-corrected chi connectivity index (χ2v) is 10.3. The van der Waals surface area contributed by atoms with E-state index in [0.717, 1.165) is 46.3 Å². The number of hydrogen-bond donors (Lipinski definition) is 3. The van der Waals surface area contributed by atoms with Crippen LogP contribution in [0.25, 0.3) is 22.0 Å². The molecule has 1 atom stereocenters.